The molecule has 1 N–H and O–H groups in total. The van der Waals surface area contributed by atoms with E-state index < -0.39 is 20.0 Å². The number of rotatable bonds is 7. The molecule has 3 atom stereocenters. The Bertz CT molecular complexity index is 988. The SMILES string of the molecule is CC(C)(C)OC(=O)N[C@H]1C[C@H](CO[Si](c2ccccc2)(c2ccccc2)C(C)(C)C)[C@H](N=[N+]=[N-])C1. The van der Waals surface area contributed by atoms with Crippen molar-refractivity contribution >= 4 is 24.8 Å². The first kappa shape index (κ1) is 26.8. The van der Waals surface area contributed by atoms with Crippen LogP contribution in [-0.2, 0) is 9.16 Å². The number of hydrogen-bond acceptors (Lipinski definition) is 4. The second-order valence-corrected chi connectivity index (χ2v) is 15.6. The molecule has 0 saturated heterocycles. The fraction of sp³-hybridized carbons (Fsp3) is 0.519. The molecule has 1 saturated carbocycles. The first-order valence-corrected chi connectivity index (χ1v) is 14.2. The first-order chi connectivity index (χ1) is 16.5. The van der Waals surface area contributed by atoms with Crippen molar-refractivity contribution in [2.75, 3.05) is 6.61 Å². The summed E-state index contributed by atoms with van der Waals surface area (Å²) in [4.78, 5) is 15.4. The summed E-state index contributed by atoms with van der Waals surface area (Å²) < 4.78 is 12.5. The second-order valence-electron chi connectivity index (χ2n) is 11.3. The molecule has 0 spiro atoms. The van der Waals surface area contributed by atoms with Crippen LogP contribution in [0.1, 0.15) is 54.4 Å². The predicted octanol–water partition coefficient (Wildman–Crippen LogP) is 5.55. The zero-order valence-corrected chi connectivity index (χ0v) is 22.7. The number of nitrogens with zero attached hydrogens (tertiary/aromatic N) is 3. The van der Waals surface area contributed by atoms with Gasteiger partial charge >= 0.3 is 6.09 Å². The monoisotopic (exact) mass is 494 g/mol. The van der Waals surface area contributed by atoms with Gasteiger partial charge in [-0.05, 0) is 60.5 Å². The van der Waals surface area contributed by atoms with Gasteiger partial charge in [-0.1, -0.05) is 86.5 Å². The predicted molar refractivity (Wildman–Crippen MR) is 142 cm³/mol. The van der Waals surface area contributed by atoms with Crippen LogP contribution >= 0.6 is 0 Å². The molecule has 0 unspecified atom stereocenters. The van der Waals surface area contributed by atoms with Gasteiger partial charge in [-0.3, -0.25) is 0 Å². The summed E-state index contributed by atoms with van der Waals surface area (Å²) in [7, 11) is -2.70. The van der Waals surface area contributed by atoms with Gasteiger partial charge in [0, 0.05) is 23.6 Å². The van der Waals surface area contributed by atoms with Gasteiger partial charge in [0.1, 0.15) is 5.60 Å². The van der Waals surface area contributed by atoms with Gasteiger partial charge in [-0.25, -0.2) is 4.79 Å². The van der Waals surface area contributed by atoms with Crippen molar-refractivity contribution in [3.8, 4) is 0 Å². The lowest BCUT2D eigenvalue weighted by Crippen LogP contribution is -2.67. The maximum Gasteiger partial charge on any atom is 0.407 e. The van der Waals surface area contributed by atoms with E-state index in [1.807, 2.05) is 32.9 Å². The smallest absolute Gasteiger partial charge is 0.407 e. The molecule has 1 aliphatic carbocycles. The van der Waals surface area contributed by atoms with Crippen molar-refractivity contribution in [3.63, 3.8) is 0 Å². The lowest BCUT2D eigenvalue weighted by Gasteiger charge is -2.43. The van der Waals surface area contributed by atoms with E-state index in [-0.39, 0.29) is 23.0 Å². The number of ether oxygens (including phenoxy) is 1. The highest BCUT2D eigenvalue weighted by Gasteiger charge is 2.51. The van der Waals surface area contributed by atoms with Gasteiger partial charge < -0.3 is 14.5 Å². The fourth-order valence-corrected chi connectivity index (χ4v) is 9.69. The molecule has 0 aromatic heterocycles. The van der Waals surface area contributed by atoms with Crippen molar-refractivity contribution in [2.45, 2.75) is 77.1 Å². The molecule has 35 heavy (non-hydrogen) atoms. The van der Waals surface area contributed by atoms with Gasteiger partial charge in [-0.2, -0.15) is 0 Å². The van der Waals surface area contributed by atoms with Gasteiger partial charge in [0.25, 0.3) is 8.32 Å². The van der Waals surface area contributed by atoms with Crippen molar-refractivity contribution < 1.29 is 14.0 Å². The Balaban J connectivity index is 1.88. The van der Waals surface area contributed by atoms with Crippen LogP contribution in [0.2, 0.25) is 5.04 Å². The Labute approximate surface area is 210 Å². The molecule has 2 aromatic carbocycles. The minimum Gasteiger partial charge on any atom is -0.444 e. The maximum absolute atomic E-state index is 12.3. The number of amides is 1. The van der Waals surface area contributed by atoms with Crippen LogP contribution in [0.4, 0.5) is 4.79 Å². The van der Waals surface area contributed by atoms with Crippen molar-refractivity contribution in [1.82, 2.24) is 5.32 Å². The molecular formula is C27H38N4O3Si. The number of azide groups is 1. The molecule has 1 aliphatic rings. The highest BCUT2D eigenvalue weighted by atomic mass is 28.4. The van der Waals surface area contributed by atoms with E-state index in [4.69, 9.17) is 9.16 Å². The molecule has 8 heteroatoms. The Hall–Kier alpha value is -2.80. The number of nitrogens with one attached hydrogen (secondary N) is 1. The van der Waals surface area contributed by atoms with Crippen molar-refractivity contribution in [1.29, 1.82) is 0 Å². The van der Waals surface area contributed by atoms with E-state index in [0.717, 1.165) is 0 Å². The molecule has 0 radical (unpaired) electrons. The molecule has 2 aromatic rings. The standard InChI is InChI=1S/C27H38N4O3Si/c1-26(2,3)34-25(32)29-21-17-20(24(18-21)30-31-28)19-33-35(27(4,5)6,22-13-9-7-10-14-22)23-15-11-8-12-16-23/h7-16,20-21,24H,17-19H2,1-6H3,(H,29,32)/t20-,21+,24-/m1/s1. The van der Waals surface area contributed by atoms with Crippen LogP contribution in [0.5, 0.6) is 0 Å². The Morgan fingerprint density at radius 1 is 1.00 bits per heavy atom. The summed E-state index contributed by atoms with van der Waals surface area (Å²) >= 11 is 0. The third-order valence-corrected chi connectivity index (χ3v) is 11.5. The molecule has 3 rings (SSSR count). The van der Waals surface area contributed by atoms with Crippen LogP contribution < -0.4 is 15.7 Å². The lowest BCUT2D eigenvalue weighted by molar-refractivity contribution is 0.0503. The number of alkyl carbamates (subject to hydrolysis) is 1. The molecular weight excluding hydrogens is 456 g/mol. The zero-order valence-electron chi connectivity index (χ0n) is 21.7. The van der Waals surface area contributed by atoms with Crippen LogP contribution in [-0.4, -0.2) is 38.7 Å². The van der Waals surface area contributed by atoms with Crippen LogP contribution in [0, 0.1) is 5.92 Å². The summed E-state index contributed by atoms with van der Waals surface area (Å²) in [5.41, 5.74) is 8.62. The summed E-state index contributed by atoms with van der Waals surface area (Å²) in [6, 6.07) is 20.6. The molecule has 0 bridgehead atoms. The summed E-state index contributed by atoms with van der Waals surface area (Å²) in [5.74, 6) is -0.00696. The third-order valence-electron chi connectivity index (χ3n) is 6.51. The van der Waals surface area contributed by atoms with Crippen LogP contribution in [0.15, 0.2) is 65.8 Å². The summed E-state index contributed by atoms with van der Waals surface area (Å²) in [6.07, 6.45) is 0.787. The molecule has 188 valence electrons. The minimum atomic E-state index is -2.70. The molecule has 1 amide bonds. The Morgan fingerprint density at radius 2 is 1.54 bits per heavy atom. The van der Waals surface area contributed by atoms with Crippen LogP contribution in [0.3, 0.4) is 0 Å². The van der Waals surface area contributed by atoms with Crippen molar-refractivity contribution in [3.05, 3.63) is 71.1 Å². The molecule has 1 fully saturated rings. The highest BCUT2D eigenvalue weighted by molar-refractivity contribution is 6.99. The zero-order chi connectivity index (χ0) is 25.7. The Morgan fingerprint density at radius 3 is 2.00 bits per heavy atom. The molecule has 7 nitrogen and oxygen atoms in total. The highest BCUT2D eigenvalue weighted by Crippen LogP contribution is 2.38. The number of hydrogen-bond donors (Lipinski definition) is 1. The quantitative estimate of drug-likeness (QED) is 0.237. The van der Waals surface area contributed by atoms with E-state index in [9.17, 15) is 10.3 Å². The van der Waals surface area contributed by atoms with E-state index >= 15 is 0 Å². The average molecular weight is 495 g/mol. The summed E-state index contributed by atoms with van der Waals surface area (Å²) in [6.45, 7) is 12.7. The Kier molecular flexibility index (Phi) is 8.31. The van der Waals surface area contributed by atoms with E-state index in [2.05, 4.69) is 84.6 Å². The van der Waals surface area contributed by atoms with Crippen molar-refractivity contribution in [2.24, 2.45) is 11.0 Å². The maximum atomic E-state index is 12.3. The van der Waals surface area contributed by atoms with E-state index in [1.165, 1.54) is 10.4 Å². The third kappa shape index (κ3) is 6.45. The van der Waals surface area contributed by atoms with Gasteiger partial charge in [0.15, 0.2) is 0 Å². The lowest BCUT2D eigenvalue weighted by atomic mass is 10.1. The largest absolute Gasteiger partial charge is 0.444 e. The van der Waals surface area contributed by atoms with Gasteiger partial charge in [0.2, 0.25) is 0 Å². The fourth-order valence-electron chi connectivity index (χ4n) is 5.08. The molecule has 0 heterocycles. The van der Waals surface area contributed by atoms with Gasteiger partial charge in [-0.15, -0.1) is 0 Å². The average Bonchev–Trinajstić information content (AvgIpc) is 3.14. The van der Waals surface area contributed by atoms with E-state index in [0.29, 0.717) is 19.4 Å². The van der Waals surface area contributed by atoms with Gasteiger partial charge in [0.05, 0.1) is 0 Å². The second kappa shape index (κ2) is 10.9. The topological polar surface area (TPSA) is 96.3 Å². The summed E-state index contributed by atoms with van der Waals surface area (Å²) in [5, 5.41) is 9.30. The number of carbonyl (C=O) groups excluding carboxylic acids is 1. The van der Waals surface area contributed by atoms with E-state index in [1.54, 1.807) is 0 Å². The minimum absolute atomic E-state index is 0.00696. The van der Waals surface area contributed by atoms with Crippen LogP contribution in [0.25, 0.3) is 10.4 Å². The number of carbonyl (C=O) groups is 1. The first-order valence-electron chi connectivity index (χ1n) is 12.2. The number of benzene rings is 2. The molecule has 0 aliphatic heterocycles. The normalized spacial score (nSPS) is 20.7.